The van der Waals surface area contributed by atoms with E-state index in [0.29, 0.717) is 29.5 Å². The Morgan fingerprint density at radius 1 is 1.10 bits per heavy atom. The van der Waals surface area contributed by atoms with E-state index in [1.165, 1.54) is 6.08 Å². The number of rotatable bonds is 10. The van der Waals surface area contributed by atoms with Crippen molar-refractivity contribution in [3.05, 3.63) is 60.3 Å². The van der Waals surface area contributed by atoms with Gasteiger partial charge in [0.1, 0.15) is 0 Å². The molecule has 0 saturated heterocycles. The lowest BCUT2D eigenvalue weighted by molar-refractivity contribution is -0.116. The lowest BCUT2D eigenvalue weighted by Gasteiger charge is -2.12. The molecule has 1 aromatic heterocycles. The minimum Gasteiger partial charge on any atom is -0.493 e. The monoisotopic (exact) mass is 439 g/mol. The highest BCUT2D eigenvalue weighted by Crippen LogP contribution is 2.38. The van der Waals surface area contributed by atoms with Crippen molar-refractivity contribution in [3.8, 4) is 28.5 Å². The average Bonchev–Trinajstić information content (AvgIpc) is 3.29. The van der Waals surface area contributed by atoms with Crippen LogP contribution in [0.15, 0.2) is 59.9 Å². The van der Waals surface area contributed by atoms with Crippen LogP contribution in [0.5, 0.6) is 17.2 Å². The van der Waals surface area contributed by atoms with Gasteiger partial charge in [-0.05, 0) is 29.3 Å². The largest absolute Gasteiger partial charge is 0.493 e. The molecule has 162 valence electrons. The first-order valence-electron chi connectivity index (χ1n) is 9.63. The third kappa shape index (κ3) is 6.05. The Labute approximate surface area is 185 Å². The van der Waals surface area contributed by atoms with Crippen LogP contribution in [0.1, 0.15) is 5.56 Å². The number of hydrogen-bond acceptors (Lipinski definition) is 6. The van der Waals surface area contributed by atoms with Crippen molar-refractivity contribution >= 4 is 23.7 Å². The number of nitrogens with one attached hydrogen (secondary N) is 2. The second-order valence-electron chi connectivity index (χ2n) is 6.40. The summed E-state index contributed by atoms with van der Waals surface area (Å²) in [6, 6.07) is 13.6. The molecule has 0 fully saturated rings. The van der Waals surface area contributed by atoms with Crippen LogP contribution in [0.25, 0.3) is 17.3 Å². The number of benzene rings is 2. The molecular weight excluding hydrogens is 414 g/mol. The van der Waals surface area contributed by atoms with E-state index in [4.69, 9.17) is 14.2 Å². The molecule has 31 heavy (non-hydrogen) atoms. The zero-order valence-corrected chi connectivity index (χ0v) is 18.5. The summed E-state index contributed by atoms with van der Waals surface area (Å²) in [7, 11) is 4.65. The summed E-state index contributed by atoms with van der Waals surface area (Å²) in [5, 5.41) is 3.69. The molecule has 0 radical (unpaired) electrons. The standard InChI is InChI=1S/C23H25N3O4S/c1-28-19-13-16(14-20(29-2)22(19)30-3)9-10-21(27)24-11-12-31-23-25-15-18(26-23)17-7-5-4-6-8-17/h4-10,13-15H,11-12H2,1-3H3,(H,24,27)(H,25,26)/b10-9+. The third-order valence-corrected chi connectivity index (χ3v) is 5.28. The number of carbonyl (C=O) groups excluding carboxylic acids is 1. The third-order valence-electron chi connectivity index (χ3n) is 4.39. The number of thioether (sulfide) groups is 1. The van der Waals surface area contributed by atoms with Crippen molar-refractivity contribution < 1.29 is 19.0 Å². The van der Waals surface area contributed by atoms with Gasteiger partial charge >= 0.3 is 0 Å². The molecule has 0 spiro atoms. The summed E-state index contributed by atoms with van der Waals surface area (Å²) >= 11 is 1.55. The number of hydrogen-bond donors (Lipinski definition) is 2. The van der Waals surface area contributed by atoms with Crippen LogP contribution in [0, 0.1) is 0 Å². The molecular formula is C23H25N3O4S. The number of nitrogens with zero attached hydrogens (tertiary/aromatic N) is 1. The summed E-state index contributed by atoms with van der Waals surface area (Å²) in [4.78, 5) is 19.8. The van der Waals surface area contributed by atoms with E-state index < -0.39 is 0 Å². The molecule has 0 aliphatic rings. The van der Waals surface area contributed by atoms with Crippen molar-refractivity contribution in [2.45, 2.75) is 5.16 Å². The van der Waals surface area contributed by atoms with Gasteiger partial charge in [-0.3, -0.25) is 4.79 Å². The molecule has 2 aromatic carbocycles. The zero-order valence-electron chi connectivity index (χ0n) is 17.7. The van der Waals surface area contributed by atoms with Crippen molar-refractivity contribution in [1.29, 1.82) is 0 Å². The van der Waals surface area contributed by atoms with Crippen LogP contribution in [-0.2, 0) is 4.79 Å². The van der Waals surface area contributed by atoms with E-state index in [2.05, 4.69) is 15.3 Å². The Balaban J connectivity index is 1.48. The number of methoxy groups -OCH3 is 3. The molecule has 0 atom stereocenters. The highest BCUT2D eigenvalue weighted by molar-refractivity contribution is 7.99. The summed E-state index contributed by atoms with van der Waals surface area (Å²) in [6.07, 6.45) is 4.99. The molecule has 8 heteroatoms. The van der Waals surface area contributed by atoms with Gasteiger partial charge in [0.15, 0.2) is 16.7 Å². The van der Waals surface area contributed by atoms with E-state index in [9.17, 15) is 4.79 Å². The molecule has 0 aliphatic carbocycles. The van der Waals surface area contributed by atoms with Gasteiger partial charge in [-0.2, -0.15) is 0 Å². The fourth-order valence-electron chi connectivity index (χ4n) is 2.89. The lowest BCUT2D eigenvalue weighted by Crippen LogP contribution is -2.23. The molecule has 3 aromatic rings. The minimum atomic E-state index is -0.182. The quantitative estimate of drug-likeness (QED) is 0.282. The normalized spacial score (nSPS) is 10.8. The van der Waals surface area contributed by atoms with E-state index in [-0.39, 0.29) is 5.91 Å². The highest BCUT2D eigenvalue weighted by atomic mass is 32.2. The summed E-state index contributed by atoms with van der Waals surface area (Å²) in [6.45, 7) is 0.518. The smallest absolute Gasteiger partial charge is 0.244 e. The first-order valence-corrected chi connectivity index (χ1v) is 10.6. The number of aromatic nitrogens is 2. The molecule has 7 nitrogen and oxygen atoms in total. The Morgan fingerprint density at radius 2 is 1.81 bits per heavy atom. The second kappa shape index (κ2) is 11.1. The number of imidazole rings is 1. The van der Waals surface area contributed by atoms with Gasteiger partial charge in [0, 0.05) is 18.4 Å². The van der Waals surface area contributed by atoms with Crippen LogP contribution in [0.3, 0.4) is 0 Å². The molecule has 0 unspecified atom stereocenters. The maximum Gasteiger partial charge on any atom is 0.244 e. The fourth-order valence-corrected chi connectivity index (χ4v) is 3.60. The van der Waals surface area contributed by atoms with E-state index in [0.717, 1.165) is 22.0 Å². The summed E-state index contributed by atoms with van der Waals surface area (Å²) in [5.41, 5.74) is 2.83. The van der Waals surface area contributed by atoms with Crippen molar-refractivity contribution in [1.82, 2.24) is 15.3 Å². The summed E-state index contributed by atoms with van der Waals surface area (Å²) < 4.78 is 16.0. The van der Waals surface area contributed by atoms with Crippen molar-refractivity contribution in [3.63, 3.8) is 0 Å². The topological polar surface area (TPSA) is 85.5 Å². The van der Waals surface area contributed by atoms with Crippen LogP contribution >= 0.6 is 11.8 Å². The van der Waals surface area contributed by atoms with Gasteiger partial charge in [0.2, 0.25) is 11.7 Å². The number of amides is 1. The van der Waals surface area contributed by atoms with Crippen LogP contribution < -0.4 is 19.5 Å². The van der Waals surface area contributed by atoms with Crippen LogP contribution in [-0.4, -0.2) is 49.5 Å². The number of ether oxygens (including phenoxy) is 3. The molecule has 1 heterocycles. The predicted octanol–water partition coefficient (Wildman–Crippen LogP) is 4.02. The fraction of sp³-hybridized carbons (Fsp3) is 0.217. The number of aromatic amines is 1. The van der Waals surface area contributed by atoms with Gasteiger partial charge in [0.25, 0.3) is 0 Å². The van der Waals surface area contributed by atoms with E-state index in [1.54, 1.807) is 51.3 Å². The number of carbonyl (C=O) groups is 1. The van der Waals surface area contributed by atoms with Crippen molar-refractivity contribution in [2.24, 2.45) is 0 Å². The highest BCUT2D eigenvalue weighted by Gasteiger charge is 2.12. The Kier molecular flexibility index (Phi) is 8.00. The lowest BCUT2D eigenvalue weighted by atomic mass is 10.1. The Morgan fingerprint density at radius 3 is 2.45 bits per heavy atom. The van der Waals surface area contributed by atoms with Gasteiger partial charge < -0.3 is 24.5 Å². The molecule has 0 aliphatic heterocycles. The first-order chi connectivity index (χ1) is 15.1. The first kappa shape index (κ1) is 22.3. The van der Waals surface area contributed by atoms with E-state index >= 15 is 0 Å². The van der Waals surface area contributed by atoms with Gasteiger partial charge in [-0.15, -0.1) is 0 Å². The number of H-pyrrole nitrogens is 1. The molecule has 0 saturated carbocycles. The minimum absolute atomic E-state index is 0.182. The van der Waals surface area contributed by atoms with Gasteiger partial charge in [0.05, 0.1) is 33.2 Å². The maximum atomic E-state index is 12.1. The molecule has 0 bridgehead atoms. The van der Waals surface area contributed by atoms with Crippen LogP contribution in [0.2, 0.25) is 0 Å². The molecule has 3 rings (SSSR count). The average molecular weight is 440 g/mol. The molecule has 2 N–H and O–H groups in total. The van der Waals surface area contributed by atoms with Crippen LogP contribution in [0.4, 0.5) is 0 Å². The Hall–Kier alpha value is -3.39. The predicted molar refractivity (Wildman–Crippen MR) is 123 cm³/mol. The molecule has 1 amide bonds. The second-order valence-corrected chi connectivity index (χ2v) is 7.48. The SMILES string of the molecule is COc1cc(/C=C/C(=O)NCCSc2ncc(-c3ccccc3)[nH]2)cc(OC)c1OC. The zero-order chi connectivity index (χ0) is 22.1. The summed E-state index contributed by atoms with van der Waals surface area (Å²) in [5.74, 6) is 2.10. The maximum absolute atomic E-state index is 12.1. The van der Waals surface area contributed by atoms with E-state index in [1.807, 2.05) is 36.5 Å². The van der Waals surface area contributed by atoms with Gasteiger partial charge in [-0.1, -0.05) is 42.1 Å². The Bertz CT molecular complexity index is 1010. The van der Waals surface area contributed by atoms with Gasteiger partial charge in [-0.25, -0.2) is 4.98 Å². The van der Waals surface area contributed by atoms with Crippen molar-refractivity contribution in [2.75, 3.05) is 33.6 Å².